The SMILES string of the molecule is O=C(Cn1cccc(C(F)(F)F)c1=O)NCC1CC2(C1)CC21CC1. The number of hydrogen-bond acceptors (Lipinski definition) is 2. The average molecular weight is 340 g/mol. The van der Waals surface area contributed by atoms with Crippen molar-refractivity contribution in [2.45, 2.75) is 44.8 Å². The van der Waals surface area contributed by atoms with Crippen LogP contribution in [0.5, 0.6) is 0 Å². The molecule has 3 saturated carbocycles. The standard InChI is InChI=1S/C17H19F3N2O2/c18-17(19,20)12-2-1-5-22(14(12)24)9-13(23)21-8-11-6-16(7-11)10-15(16)3-4-15/h1-2,5,11H,3-4,6-10H2,(H,21,23). The lowest BCUT2D eigenvalue weighted by molar-refractivity contribution is -0.139. The van der Waals surface area contributed by atoms with E-state index >= 15 is 0 Å². The molecule has 0 aromatic carbocycles. The monoisotopic (exact) mass is 340 g/mol. The van der Waals surface area contributed by atoms with E-state index in [0.717, 1.165) is 29.5 Å². The molecule has 130 valence electrons. The number of nitrogens with one attached hydrogen (secondary N) is 1. The van der Waals surface area contributed by atoms with Crippen LogP contribution in [-0.2, 0) is 17.5 Å². The molecule has 3 aliphatic carbocycles. The van der Waals surface area contributed by atoms with Crippen molar-refractivity contribution in [3.05, 3.63) is 34.2 Å². The van der Waals surface area contributed by atoms with Crippen LogP contribution in [0.1, 0.15) is 37.7 Å². The maximum absolute atomic E-state index is 12.7. The molecule has 2 spiro atoms. The average Bonchev–Trinajstić information content (AvgIpc) is 3.35. The normalized spacial score (nSPS) is 29.4. The molecule has 1 aromatic rings. The first kappa shape index (κ1) is 15.7. The van der Waals surface area contributed by atoms with Crippen LogP contribution in [0.15, 0.2) is 23.1 Å². The Bertz CT molecular complexity index is 743. The van der Waals surface area contributed by atoms with Gasteiger partial charge in [0.15, 0.2) is 0 Å². The molecule has 3 aliphatic rings. The molecule has 0 bridgehead atoms. The summed E-state index contributed by atoms with van der Waals surface area (Å²) in [5.41, 5.74) is -1.22. The zero-order valence-electron chi connectivity index (χ0n) is 13.2. The third-order valence-electron chi connectivity index (χ3n) is 6.12. The quantitative estimate of drug-likeness (QED) is 0.916. The van der Waals surface area contributed by atoms with Crippen molar-refractivity contribution < 1.29 is 18.0 Å². The minimum Gasteiger partial charge on any atom is -0.354 e. The Kier molecular flexibility index (Phi) is 3.19. The first-order chi connectivity index (χ1) is 11.2. The second-order valence-corrected chi connectivity index (χ2v) is 7.67. The van der Waals surface area contributed by atoms with Gasteiger partial charge in [0, 0.05) is 12.7 Å². The number of fused-ring (bicyclic) bond motifs is 1. The highest BCUT2D eigenvalue weighted by molar-refractivity contribution is 5.75. The molecule has 0 aliphatic heterocycles. The van der Waals surface area contributed by atoms with E-state index in [-0.39, 0.29) is 6.54 Å². The van der Waals surface area contributed by atoms with E-state index in [9.17, 15) is 22.8 Å². The number of hydrogen-bond donors (Lipinski definition) is 1. The van der Waals surface area contributed by atoms with E-state index in [1.807, 2.05) is 0 Å². The Labute approximate surface area is 137 Å². The molecule has 1 heterocycles. The van der Waals surface area contributed by atoms with Crippen LogP contribution in [-0.4, -0.2) is 17.0 Å². The van der Waals surface area contributed by atoms with Gasteiger partial charge in [0.05, 0.1) is 0 Å². The van der Waals surface area contributed by atoms with Crippen molar-refractivity contribution in [1.82, 2.24) is 9.88 Å². The van der Waals surface area contributed by atoms with Gasteiger partial charge in [-0.1, -0.05) is 0 Å². The summed E-state index contributed by atoms with van der Waals surface area (Å²) in [4.78, 5) is 23.7. The van der Waals surface area contributed by atoms with Crippen LogP contribution in [0.2, 0.25) is 0 Å². The molecule has 1 N–H and O–H groups in total. The first-order valence-corrected chi connectivity index (χ1v) is 8.28. The maximum atomic E-state index is 12.7. The van der Waals surface area contributed by atoms with Gasteiger partial charge in [-0.15, -0.1) is 0 Å². The van der Waals surface area contributed by atoms with Crippen LogP contribution in [0.25, 0.3) is 0 Å². The summed E-state index contributed by atoms with van der Waals surface area (Å²) in [5.74, 6) is 0.0430. The molecule has 1 amide bonds. The second kappa shape index (κ2) is 4.86. The minimum atomic E-state index is -4.71. The van der Waals surface area contributed by atoms with Gasteiger partial charge in [0.1, 0.15) is 12.1 Å². The fraction of sp³-hybridized carbons (Fsp3) is 0.647. The number of aromatic nitrogens is 1. The van der Waals surface area contributed by atoms with Crippen molar-refractivity contribution >= 4 is 5.91 Å². The van der Waals surface area contributed by atoms with E-state index in [2.05, 4.69) is 5.32 Å². The molecule has 0 atom stereocenters. The van der Waals surface area contributed by atoms with E-state index in [1.54, 1.807) is 0 Å². The second-order valence-electron chi connectivity index (χ2n) is 7.67. The van der Waals surface area contributed by atoms with Crippen LogP contribution in [0.3, 0.4) is 0 Å². The Hall–Kier alpha value is -1.79. The number of carbonyl (C=O) groups excluding carboxylic acids is 1. The highest BCUT2D eigenvalue weighted by atomic mass is 19.4. The molecule has 4 rings (SSSR count). The Morgan fingerprint density at radius 1 is 1.29 bits per heavy atom. The fourth-order valence-corrected chi connectivity index (χ4v) is 4.57. The molecule has 0 saturated heterocycles. The molecular formula is C17H19F3N2O2. The summed E-state index contributed by atoms with van der Waals surface area (Å²) in [6.45, 7) is 0.162. The number of carbonyl (C=O) groups is 1. The molecule has 1 aromatic heterocycles. The zero-order valence-corrected chi connectivity index (χ0v) is 13.2. The summed E-state index contributed by atoms with van der Waals surface area (Å²) >= 11 is 0. The van der Waals surface area contributed by atoms with Gasteiger partial charge >= 0.3 is 6.18 Å². The zero-order chi connectivity index (χ0) is 17.2. The van der Waals surface area contributed by atoms with Gasteiger partial charge < -0.3 is 9.88 Å². The Balaban J connectivity index is 1.30. The number of halogens is 3. The largest absolute Gasteiger partial charge is 0.421 e. The fourth-order valence-electron chi connectivity index (χ4n) is 4.57. The smallest absolute Gasteiger partial charge is 0.354 e. The number of nitrogens with zero attached hydrogens (tertiary/aromatic N) is 1. The van der Waals surface area contributed by atoms with Crippen LogP contribution >= 0.6 is 0 Å². The summed E-state index contributed by atoms with van der Waals surface area (Å²) in [5, 5.41) is 2.75. The molecule has 24 heavy (non-hydrogen) atoms. The predicted octanol–water partition coefficient (Wildman–Crippen LogP) is 2.56. The maximum Gasteiger partial charge on any atom is 0.421 e. The molecule has 4 nitrogen and oxygen atoms in total. The van der Waals surface area contributed by atoms with E-state index < -0.39 is 23.2 Å². The lowest BCUT2D eigenvalue weighted by atomic mass is 9.70. The number of pyridine rings is 1. The number of rotatable bonds is 4. The third kappa shape index (κ3) is 2.45. The van der Waals surface area contributed by atoms with Crippen molar-refractivity contribution in [3.8, 4) is 0 Å². The third-order valence-corrected chi connectivity index (χ3v) is 6.12. The Morgan fingerprint density at radius 3 is 2.58 bits per heavy atom. The van der Waals surface area contributed by atoms with Crippen molar-refractivity contribution in [2.24, 2.45) is 16.7 Å². The van der Waals surface area contributed by atoms with Crippen LogP contribution in [0.4, 0.5) is 13.2 Å². The predicted molar refractivity (Wildman–Crippen MR) is 80.2 cm³/mol. The van der Waals surface area contributed by atoms with Gasteiger partial charge in [-0.3, -0.25) is 9.59 Å². The van der Waals surface area contributed by atoms with E-state index in [4.69, 9.17) is 0 Å². The van der Waals surface area contributed by atoms with Gasteiger partial charge in [0.2, 0.25) is 5.91 Å². The van der Waals surface area contributed by atoms with Crippen LogP contribution < -0.4 is 10.9 Å². The topological polar surface area (TPSA) is 51.1 Å². The highest BCUT2D eigenvalue weighted by Gasteiger charge is 2.76. The lowest BCUT2D eigenvalue weighted by Gasteiger charge is -2.37. The van der Waals surface area contributed by atoms with Crippen molar-refractivity contribution in [1.29, 1.82) is 0 Å². The summed E-state index contributed by atoms with van der Waals surface area (Å²) in [6.07, 6.45) is 2.84. The molecule has 0 radical (unpaired) electrons. The minimum absolute atomic E-state index is 0.384. The molecular weight excluding hydrogens is 321 g/mol. The van der Waals surface area contributed by atoms with Gasteiger partial charge in [-0.05, 0) is 61.0 Å². The van der Waals surface area contributed by atoms with Gasteiger partial charge in [-0.25, -0.2) is 0 Å². The van der Waals surface area contributed by atoms with Gasteiger partial charge in [-0.2, -0.15) is 13.2 Å². The van der Waals surface area contributed by atoms with E-state index in [1.165, 1.54) is 25.5 Å². The van der Waals surface area contributed by atoms with Crippen LogP contribution in [0, 0.1) is 16.7 Å². The highest BCUT2D eigenvalue weighted by Crippen LogP contribution is 2.86. The van der Waals surface area contributed by atoms with Crippen molar-refractivity contribution in [3.63, 3.8) is 0 Å². The van der Waals surface area contributed by atoms with Crippen molar-refractivity contribution in [2.75, 3.05) is 6.54 Å². The molecule has 3 fully saturated rings. The first-order valence-electron chi connectivity index (χ1n) is 8.28. The van der Waals surface area contributed by atoms with Gasteiger partial charge in [0.25, 0.3) is 5.56 Å². The van der Waals surface area contributed by atoms with E-state index in [0.29, 0.717) is 23.3 Å². The Morgan fingerprint density at radius 2 is 2.00 bits per heavy atom. The molecule has 0 unspecified atom stereocenters. The molecule has 7 heteroatoms. The summed E-state index contributed by atoms with van der Waals surface area (Å²) < 4.78 is 38.9. The summed E-state index contributed by atoms with van der Waals surface area (Å²) in [7, 11) is 0. The number of alkyl halides is 3. The lowest BCUT2D eigenvalue weighted by Crippen LogP contribution is -2.40. The summed E-state index contributed by atoms with van der Waals surface area (Å²) in [6, 6.07) is 1.86. The number of amides is 1.